The van der Waals surface area contributed by atoms with Gasteiger partial charge in [-0.3, -0.25) is 0 Å². The predicted molar refractivity (Wildman–Crippen MR) is 77.3 cm³/mol. The quantitative estimate of drug-likeness (QED) is 0.751. The van der Waals surface area contributed by atoms with E-state index in [0.717, 1.165) is 30.3 Å². The largest absolute Gasteiger partial charge is 0.352 e. The highest BCUT2D eigenvalue weighted by Gasteiger charge is 2.20. The van der Waals surface area contributed by atoms with Crippen molar-refractivity contribution in [3.63, 3.8) is 0 Å². The zero-order valence-corrected chi connectivity index (χ0v) is 12.3. The highest BCUT2D eigenvalue weighted by molar-refractivity contribution is 9.10. The third kappa shape index (κ3) is 4.23. The van der Waals surface area contributed by atoms with Gasteiger partial charge in [0.2, 0.25) is 0 Å². The Morgan fingerprint density at radius 3 is 2.89 bits per heavy atom. The van der Waals surface area contributed by atoms with E-state index in [1.165, 1.54) is 11.1 Å². The van der Waals surface area contributed by atoms with Gasteiger partial charge in [0.25, 0.3) is 0 Å². The molecule has 1 heterocycles. The lowest BCUT2D eigenvalue weighted by molar-refractivity contribution is -0.111. The molecule has 1 aliphatic rings. The van der Waals surface area contributed by atoms with Gasteiger partial charge in [-0.1, -0.05) is 47.5 Å². The highest BCUT2D eigenvalue weighted by Crippen LogP contribution is 2.23. The van der Waals surface area contributed by atoms with Crippen LogP contribution in [0, 0.1) is 0 Å². The van der Waals surface area contributed by atoms with E-state index in [9.17, 15) is 0 Å². The van der Waals surface area contributed by atoms with Gasteiger partial charge in [-0.15, -0.1) is 0 Å². The van der Waals surface area contributed by atoms with E-state index >= 15 is 0 Å². The smallest absolute Gasteiger partial charge is 0.161 e. The number of benzene rings is 1. The van der Waals surface area contributed by atoms with Gasteiger partial charge >= 0.3 is 0 Å². The van der Waals surface area contributed by atoms with Crippen molar-refractivity contribution in [3.05, 3.63) is 39.9 Å². The summed E-state index contributed by atoms with van der Waals surface area (Å²) >= 11 is 3.44. The van der Waals surface area contributed by atoms with Crippen LogP contribution >= 0.6 is 15.9 Å². The van der Waals surface area contributed by atoms with Crippen molar-refractivity contribution in [2.45, 2.75) is 32.5 Å². The molecule has 1 unspecified atom stereocenters. The molecule has 2 rings (SSSR count). The van der Waals surface area contributed by atoms with Crippen LogP contribution in [0.1, 0.15) is 31.7 Å². The second-order valence-corrected chi connectivity index (χ2v) is 5.44. The Morgan fingerprint density at radius 2 is 2.17 bits per heavy atom. The standard InChI is InChI=1S/C15H19BrO2/c1-2-3-8-17-15-10-13(11-18-15)9-12-4-6-14(16)7-5-12/h4-7,9,15H,2-3,8,10-11H2,1H3/b13-9-. The van der Waals surface area contributed by atoms with Crippen molar-refractivity contribution < 1.29 is 9.47 Å². The first-order valence-electron chi connectivity index (χ1n) is 6.46. The first-order chi connectivity index (χ1) is 8.78. The SMILES string of the molecule is CCCCOC1C/C(=C/c2ccc(Br)cc2)CO1. The third-order valence-electron chi connectivity index (χ3n) is 2.93. The van der Waals surface area contributed by atoms with Gasteiger partial charge in [-0.2, -0.15) is 0 Å². The maximum Gasteiger partial charge on any atom is 0.161 e. The van der Waals surface area contributed by atoms with E-state index in [0.29, 0.717) is 6.61 Å². The summed E-state index contributed by atoms with van der Waals surface area (Å²) in [6, 6.07) is 8.31. The van der Waals surface area contributed by atoms with Crippen LogP contribution in [0.5, 0.6) is 0 Å². The molecule has 0 N–H and O–H groups in total. The summed E-state index contributed by atoms with van der Waals surface area (Å²) in [5.74, 6) is 0. The van der Waals surface area contributed by atoms with E-state index in [4.69, 9.17) is 9.47 Å². The molecule has 1 aromatic carbocycles. The highest BCUT2D eigenvalue weighted by atomic mass is 79.9. The molecule has 2 nitrogen and oxygen atoms in total. The van der Waals surface area contributed by atoms with Gasteiger partial charge in [-0.05, 0) is 29.7 Å². The molecule has 1 fully saturated rings. The molecular weight excluding hydrogens is 292 g/mol. The first-order valence-corrected chi connectivity index (χ1v) is 7.25. The normalized spacial score (nSPS) is 21.7. The number of rotatable bonds is 5. The summed E-state index contributed by atoms with van der Waals surface area (Å²) in [5.41, 5.74) is 2.52. The molecular formula is C15H19BrO2. The maximum atomic E-state index is 5.66. The predicted octanol–water partition coefficient (Wildman–Crippen LogP) is 4.40. The Hall–Kier alpha value is -0.640. The van der Waals surface area contributed by atoms with Crippen LogP contribution < -0.4 is 0 Å². The summed E-state index contributed by atoms with van der Waals surface area (Å²) in [4.78, 5) is 0. The summed E-state index contributed by atoms with van der Waals surface area (Å²) in [7, 11) is 0. The Morgan fingerprint density at radius 1 is 1.39 bits per heavy atom. The minimum Gasteiger partial charge on any atom is -0.352 e. The van der Waals surface area contributed by atoms with Crippen LogP contribution in [0.25, 0.3) is 6.08 Å². The van der Waals surface area contributed by atoms with E-state index < -0.39 is 0 Å². The molecule has 0 amide bonds. The lowest BCUT2D eigenvalue weighted by Crippen LogP contribution is -2.11. The zero-order valence-electron chi connectivity index (χ0n) is 10.7. The molecule has 1 aromatic rings. The fourth-order valence-electron chi connectivity index (χ4n) is 1.89. The Balaban J connectivity index is 1.86. The van der Waals surface area contributed by atoms with Gasteiger partial charge in [0, 0.05) is 17.5 Å². The van der Waals surface area contributed by atoms with E-state index in [-0.39, 0.29) is 6.29 Å². The topological polar surface area (TPSA) is 18.5 Å². The minimum atomic E-state index is -0.0433. The average molecular weight is 311 g/mol. The third-order valence-corrected chi connectivity index (χ3v) is 3.45. The van der Waals surface area contributed by atoms with E-state index in [1.807, 2.05) is 0 Å². The fraction of sp³-hybridized carbons (Fsp3) is 0.467. The van der Waals surface area contributed by atoms with Crippen molar-refractivity contribution >= 4 is 22.0 Å². The molecule has 18 heavy (non-hydrogen) atoms. The molecule has 0 radical (unpaired) electrons. The summed E-state index contributed by atoms with van der Waals surface area (Å²) < 4.78 is 12.4. The van der Waals surface area contributed by atoms with Crippen LogP contribution in [0.4, 0.5) is 0 Å². The molecule has 0 aliphatic carbocycles. The van der Waals surface area contributed by atoms with Crippen molar-refractivity contribution in [3.8, 4) is 0 Å². The molecule has 1 atom stereocenters. The number of halogens is 1. The minimum absolute atomic E-state index is 0.0433. The molecule has 0 aromatic heterocycles. The van der Waals surface area contributed by atoms with Gasteiger partial charge in [0.15, 0.2) is 6.29 Å². The summed E-state index contributed by atoms with van der Waals surface area (Å²) in [6.45, 7) is 3.65. The number of ether oxygens (including phenoxy) is 2. The van der Waals surface area contributed by atoms with E-state index in [1.54, 1.807) is 0 Å². The molecule has 3 heteroatoms. The fourth-order valence-corrected chi connectivity index (χ4v) is 2.16. The second kappa shape index (κ2) is 7.07. The first kappa shape index (κ1) is 13.8. The van der Waals surface area contributed by atoms with Gasteiger partial charge < -0.3 is 9.47 Å². The van der Waals surface area contributed by atoms with Gasteiger partial charge in [0.05, 0.1) is 6.61 Å². The lowest BCUT2D eigenvalue weighted by atomic mass is 10.1. The number of hydrogen-bond donors (Lipinski definition) is 0. The van der Waals surface area contributed by atoms with Crippen molar-refractivity contribution in [1.82, 2.24) is 0 Å². The van der Waals surface area contributed by atoms with Crippen LogP contribution in [0.3, 0.4) is 0 Å². The lowest BCUT2D eigenvalue weighted by Gasteiger charge is -2.09. The van der Waals surface area contributed by atoms with Crippen molar-refractivity contribution in [1.29, 1.82) is 0 Å². The van der Waals surface area contributed by atoms with Crippen molar-refractivity contribution in [2.24, 2.45) is 0 Å². The Bertz CT molecular complexity index is 397. The van der Waals surface area contributed by atoms with Crippen molar-refractivity contribution in [2.75, 3.05) is 13.2 Å². The summed E-state index contributed by atoms with van der Waals surface area (Å²) in [6.07, 6.45) is 5.30. The number of unbranched alkanes of at least 4 members (excludes halogenated alkanes) is 1. The molecule has 0 saturated carbocycles. The van der Waals surface area contributed by atoms with Crippen LogP contribution in [0.15, 0.2) is 34.3 Å². The van der Waals surface area contributed by atoms with E-state index in [2.05, 4.69) is 53.2 Å². The molecule has 0 bridgehead atoms. The Labute approximate surface area is 117 Å². The monoisotopic (exact) mass is 310 g/mol. The molecule has 1 aliphatic heterocycles. The van der Waals surface area contributed by atoms with Crippen LogP contribution in [0.2, 0.25) is 0 Å². The molecule has 98 valence electrons. The molecule has 0 spiro atoms. The number of hydrogen-bond acceptors (Lipinski definition) is 2. The second-order valence-electron chi connectivity index (χ2n) is 4.52. The van der Waals surface area contributed by atoms with Gasteiger partial charge in [0.1, 0.15) is 0 Å². The zero-order chi connectivity index (χ0) is 12.8. The van der Waals surface area contributed by atoms with Crippen LogP contribution in [-0.2, 0) is 9.47 Å². The average Bonchev–Trinajstić information content (AvgIpc) is 2.80. The van der Waals surface area contributed by atoms with Gasteiger partial charge in [-0.25, -0.2) is 0 Å². The maximum absolute atomic E-state index is 5.66. The summed E-state index contributed by atoms with van der Waals surface area (Å²) in [5, 5.41) is 0. The van der Waals surface area contributed by atoms with Crippen LogP contribution in [-0.4, -0.2) is 19.5 Å². The Kier molecular flexibility index (Phi) is 5.42. The molecule has 1 saturated heterocycles.